The Balaban J connectivity index is 2.83. The molecule has 0 radical (unpaired) electrons. The Morgan fingerprint density at radius 2 is 1.71 bits per heavy atom. The van der Waals surface area contributed by atoms with Crippen LogP contribution in [0.15, 0.2) is 18.2 Å². The van der Waals surface area contributed by atoms with Crippen LogP contribution in [0.2, 0.25) is 0 Å². The minimum atomic E-state index is -1.24. The van der Waals surface area contributed by atoms with Crippen molar-refractivity contribution in [2.45, 2.75) is 44.8 Å². The zero-order valence-electron chi connectivity index (χ0n) is 10.3. The third kappa shape index (κ3) is 4.79. The largest absolute Gasteiger partial charge is 0.390 e. The van der Waals surface area contributed by atoms with Crippen LogP contribution in [-0.4, -0.2) is 21.4 Å². The fraction of sp³-hybridized carbons (Fsp3) is 0.538. The molecule has 96 valence electrons. The molecule has 0 aliphatic rings. The summed E-state index contributed by atoms with van der Waals surface area (Å²) in [7, 11) is 0. The van der Waals surface area contributed by atoms with E-state index in [1.165, 1.54) is 13.0 Å². The van der Waals surface area contributed by atoms with Crippen molar-refractivity contribution in [2.24, 2.45) is 0 Å². The van der Waals surface area contributed by atoms with Gasteiger partial charge >= 0.3 is 0 Å². The molecule has 0 amide bonds. The van der Waals surface area contributed by atoms with Crippen LogP contribution < -0.4 is 0 Å². The average molecular weight is 244 g/mol. The third-order valence-corrected chi connectivity index (χ3v) is 2.40. The van der Waals surface area contributed by atoms with Gasteiger partial charge in [0.2, 0.25) is 0 Å². The molecule has 0 aliphatic carbocycles. The van der Waals surface area contributed by atoms with Gasteiger partial charge in [-0.15, -0.1) is 0 Å². The van der Waals surface area contributed by atoms with E-state index in [0.717, 1.165) is 12.1 Å². The summed E-state index contributed by atoms with van der Waals surface area (Å²) in [6, 6.07) is 3.25. The second-order valence-electron chi connectivity index (χ2n) is 5.40. The van der Waals surface area contributed by atoms with Crippen molar-refractivity contribution in [1.29, 1.82) is 0 Å². The van der Waals surface area contributed by atoms with E-state index in [4.69, 9.17) is 0 Å². The topological polar surface area (TPSA) is 40.5 Å². The molecule has 1 unspecified atom stereocenters. The molecule has 0 bridgehead atoms. The van der Waals surface area contributed by atoms with Crippen molar-refractivity contribution >= 4 is 0 Å². The summed E-state index contributed by atoms with van der Waals surface area (Å²) in [6.07, 6.45) is 0.139. The minimum absolute atomic E-state index is 0.0309. The maximum absolute atomic E-state index is 13.4. The third-order valence-electron chi connectivity index (χ3n) is 2.40. The van der Waals surface area contributed by atoms with Crippen molar-refractivity contribution < 1.29 is 19.0 Å². The zero-order valence-corrected chi connectivity index (χ0v) is 10.3. The lowest BCUT2D eigenvalue weighted by atomic mass is 9.86. The van der Waals surface area contributed by atoms with Gasteiger partial charge in [0.05, 0.1) is 11.2 Å². The highest BCUT2D eigenvalue weighted by atomic mass is 19.1. The first-order valence-electron chi connectivity index (χ1n) is 5.48. The van der Waals surface area contributed by atoms with Crippen molar-refractivity contribution in [3.05, 3.63) is 35.4 Å². The molecule has 0 aliphatic heterocycles. The summed E-state index contributed by atoms with van der Waals surface area (Å²) in [5.74, 6) is -1.32. The van der Waals surface area contributed by atoms with Crippen LogP contribution in [0.25, 0.3) is 0 Å². The molecule has 1 aromatic carbocycles. The molecular weight excluding hydrogens is 226 g/mol. The fourth-order valence-electron chi connectivity index (χ4n) is 2.07. The number of aliphatic hydroxyl groups is 2. The number of benzene rings is 1. The van der Waals surface area contributed by atoms with Gasteiger partial charge in [-0.25, -0.2) is 8.78 Å². The lowest BCUT2D eigenvalue weighted by molar-refractivity contribution is -0.0352. The maximum Gasteiger partial charge on any atom is 0.129 e. The highest BCUT2D eigenvalue weighted by molar-refractivity contribution is 5.20. The first-order valence-corrected chi connectivity index (χ1v) is 5.48. The second-order valence-corrected chi connectivity index (χ2v) is 5.40. The van der Waals surface area contributed by atoms with E-state index >= 15 is 0 Å². The molecule has 0 heterocycles. The average Bonchev–Trinajstić information content (AvgIpc) is 2.05. The van der Waals surface area contributed by atoms with Crippen LogP contribution in [0.5, 0.6) is 0 Å². The van der Waals surface area contributed by atoms with Crippen LogP contribution in [0.4, 0.5) is 8.78 Å². The van der Waals surface area contributed by atoms with Crippen molar-refractivity contribution in [1.82, 2.24) is 0 Å². The Kier molecular flexibility index (Phi) is 3.89. The van der Waals surface area contributed by atoms with E-state index < -0.39 is 22.8 Å². The van der Waals surface area contributed by atoms with Crippen LogP contribution in [0, 0.1) is 11.6 Å². The van der Waals surface area contributed by atoms with Crippen molar-refractivity contribution in [3.63, 3.8) is 0 Å². The Bertz CT molecular complexity index is 395. The molecule has 0 spiro atoms. The van der Waals surface area contributed by atoms with Crippen LogP contribution >= 0.6 is 0 Å². The molecule has 0 aromatic heterocycles. The first-order chi connectivity index (χ1) is 7.59. The van der Waals surface area contributed by atoms with E-state index in [-0.39, 0.29) is 18.4 Å². The molecule has 2 nitrogen and oxygen atoms in total. The van der Waals surface area contributed by atoms with E-state index in [9.17, 15) is 19.0 Å². The smallest absolute Gasteiger partial charge is 0.129 e. The number of hydrogen-bond acceptors (Lipinski definition) is 2. The molecule has 0 saturated heterocycles. The van der Waals surface area contributed by atoms with Gasteiger partial charge in [-0.3, -0.25) is 0 Å². The van der Waals surface area contributed by atoms with Gasteiger partial charge in [-0.2, -0.15) is 0 Å². The van der Waals surface area contributed by atoms with E-state index in [2.05, 4.69) is 0 Å². The van der Waals surface area contributed by atoms with Gasteiger partial charge < -0.3 is 10.2 Å². The Morgan fingerprint density at radius 1 is 1.12 bits per heavy atom. The minimum Gasteiger partial charge on any atom is -0.390 e. The Labute approximate surface area is 99.9 Å². The second kappa shape index (κ2) is 4.70. The highest BCUT2D eigenvalue weighted by Gasteiger charge is 2.29. The Morgan fingerprint density at radius 3 is 2.18 bits per heavy atom. The molecule has 1 rings (SSSR count). The van der Waals surface area contributed by atoms with Crippen molar-refractivity contribution in [2.75, 3.05) is 0 Å². The normalized spacial score (nSPS) is 15.7. The summed E-state index contributed by atoms with van der Waals surface area (Å²) in [6.45, 7) is 4.67. The molecule has 2 N–H and O–H groups in total. The highest BCUT2D eigenvalue weighted by Crippen LogP contribution is 2.25. The summed E-state index contributed by atoms with van der Waals surface area (Å²) >= 11 is 0. The summed E-state index contributed by atoms with van der Waals surface area (Å²) in [5.41, 5.74) is -2.04. The first kappa shape index (κ1) is 14.1. The number of hydrogen-bond donors (Lipinski definition) is 2. The lowest BCUT2D eigenvalue weighted by Gasteiger charge is -2.30. The standard InChI is InChI=1S/C13H18F2O2/c1-12(2,16)8-13(3,17)7-9-4-5-10(14)6-11(9)15/h4-6,16-17H,7-8H2,1-3H3. The Hall–Kier alpha value is -1.00. The molecule has 4 heteroatoms. The van der Waals surface area contributed by atoms with E-state index in [1.807, 2.05) is 0 Å². The van der Waals surface area contributed by atoms with Crippen LogP contribution in [0.3, 0.4) is 0 Å². The van der Waals surface area contributed by atoms with Crippen molar-refractivity contribution in [3.8, 4) is 0 Å². The molecule has 0 saturated carbocycles. The van der Waals surface area contributed by atoms with Crippen LogP contribution in [-0.2, 0) is 6.42 Å². The number of halogens is 2. The predicted molar refractivity (Wildman–Crippen MR) is 61.6 cm³/mol. The summed E-state index contributed by atoms with van der Waals surface area (Å²) in [5, 5.41) is 19.7. The monoisotopic (exact) mass is 244 g/mol. The maximum atomic E-state index is 13.4. The molecular formula is C13H18F2O2. The number of rotatable bonds is 4. The van der Waals surface area contributed by atoms with Gasteiger partial charge in [-0.05, 0) is 32.4 Å². The van der Waals surface area contributed by atoms with Gasteiger partial charge in [-0.1, -0.05) is 6.07 Å². The van der Waals surface area contributed by atoms with Gasteiger partial charge in [0, 0.05) is 18.9 Å². The SMILES string of the molecule is CC(C)(O)CC(C)(O)Cc1ccc(F)cc1F. The van der Waals surface area contributed by atoms with Gasteiger partial charge in [0.1, 0.15) is 11.6 Å². The lowest BCUT2D eigenvalue weighted by Crippen LogP contribution is -2.37. The molecule has 17 heavy (non-hydrogen) atoms. The fourth-order valence-corrected chi connectivity index (χ4v) is 2.07. The molecule has 1 aromatic rings. The van der Waals surface area contributed by atoms with Crippen LogP contribution in [0.1, 0.15) is 32.8 Å². The van der Waals surface area contributed by atoms with E-state index in [0.29, 0.717) is 0 Å². The van der Waals surface area contributed by atoms with Gasteiger partial charge in [0.25, 0.3) is 0 Å². The predicted octanol–water partition coefficient (Wildman–Crippen LogP) is 2.42. The summed E-state index contributed by atoms with van der Waals surface area (Å²) in [4.78, 5) is 0. The van der Waals surface area contributed by atoms with E-state index in [1.54, 1.807) is 13.8 Å². The summed E-state index contributed by atoms with van der Waals surface area (Å²) < 4.78 is 26.1. The zero-order chi connectivity index (χ0) is 13.3. The quantitative estimate of drug-likeness (QED) is 0.854. The molecule has 0 fully saturated rings. The van der Waals surface area contributed by atoms with Gasteiger partial charge in [0.15, 0.2) is 0 Å². The molecule has 1 atom stereocenters.